The molecule has 1 aliphatic carbocycles. The molecule has 0 saturated carbocycles. The van der Waals surface area contributed by atoms with E-state index in [1.165, 1.54) is 25.3 Å². The lowest BCUT2D eigenvalue weighted by atomic mass is 9.77. The van der Waals surface area contributed by atoms with E-state index in [2.05, 4.69) is 15.9 Å². The summed E-state index contributed by atoms with van der Waals surface area (Å²) in [5.74, 6) is -4.73. The number of imide groups is 1. The lowest BCUT2D eigenvalue weighted by Crippen LogP contribution is -2.51. The standard InChI is InChI=1S/C27H17BrClNO6/c1-35-19-11-10-15(29)12-18(19)30-25(33)20-21(26(30)34)27(36-22(20)13-6-8-14(28)9-7-13)23(31)16-4-2-3-5-17(16)24(27)32/h2-12,20-22H,1H3/t20-,21+,22+/m1/s1. The summed E-state index contributed by atoms with van der Waals surface area (Å²) in [6.07, 6.45) is -1.00. The molecule has 0 radical (unpaired) electrons. The van der Waals surface area contributed by atoms with Crippen LogP contribution in [0.4, 0.5) is 5.69 Å². The number of hydrogen-bond donors (Lipinski definition) is 0. The minimum atomic E-state index is -2.14. The number of halogens is 2. The van der Waals surface area contributed by atoms with Gasteiger partial charge in [-0.25, -0.2) is 4.90 Å². The van der Waals surface area contributed by atoms with Crippen LogP contribution in [0.3, 0.4) is 0 Å². The topological polar surface area (TPSA) is 90.0 Å². The molecule has 0 unspecified atom stereocenters. The average molecular weight is 567 g/mol. The number of rotatable bonds is 3. The van der Waals surface area contributed by atoms with Crippen molar-refractivity contribution in [3.63, 3.8) is 0 Å². The molecule has 3 aromatic rings. The number of carbonyl (C=O) groups excluding carboxylic acids is 4. The summed E-state index contributed by atoms with van der Waals surface area (Å²) in [6.45, 7) is 0. The third-order valence-electron chi connectivity index (χ3n) is 7.10. The van der Waals surface area contributed by atoms with E-state index in [-0.39, 0.29) is 22.6 Å². The first-order valence-corrected chi connectivity index (χ1v) is 12.3. The Morgan fingerprint density at radius 2 is 1.56 bits per heavy atom. The fraction of sp³-hybridized carbons (Fsp3) is 0.185. The summed E-state index contributed by atoms with van der Waals surface area (Å²) in [4.78, 5) is 56.5. The molecule has 6 rings (SSSR count). The third-order valence-corrected chi connectivity index (χ3v) is 7.86. The number of amides is 2. The molecule has 36 heavy (non-hydrogen) atoms. The first-order chi connectivity index (χ1) is 17.3. The van der Waals surface area contributed by atoms with E-state index >= 15 is 0 Å². The molecule has 180 valence electrons. The maximum absolute atomic E-state index is 14.0. The van der Waals surface area contributed by atoms with Gasteiger partial charge in [0.25, 0.3) is 0 Å². The molecule has 0 aromatic heterocycles. The lowest BCUT2D eigenvalue weighted by Gasteiger charge is -2.27. The minimum Gasteiger partial charge on any atom is -0.495 e. The molecule has 3 aliphatic rings. The first-order valence-electron chi connectivity index (χ1n) is 11.1. The number of anilines is 1. The molecular formula is C27H17BrClNO6. The fourth-order valence-electron chi connectivity index (χ4n) is 5.55. The number of fused-ring (bicyclic) bond motifs is 3. The second kappa shape index (κ2) is 8.09. The number of methoxy groups -OCH3 is 1. The van der Waals surface area contributed by atoms with Crippen LogP contribution in [-0.4, -0.2) is 36.1 Å². The summed E-state index contributed by atoms with van der Waals surface area (Å²) in [7, 11) is 1.41. The molecule has 9 heteroatoms. The molecule has 2 aliphatic heterocycles. The first kappa shape index (κ1) is 23.1. The molecule has 7 nitrogen and oxygen atoms in total. The highest BCUT2D eigenvalue weighted by atomic mass is 79.9. The Morgan fingerprint density at radius 3 is 2.17 bits per heavy atom. The van der Waals surface area contributed by atoms with Crippen molar-refractivity contribution in [1.82, 2.24) is 0 Å². The lowest BCUT2D eigenvalue weighted by molar-refractivity contribution is -0.127. The van der Waals surface area contributed by atoms with Gasteiger partial charge in [-0.3, -0.25) is 19.2 Å². The zero-order valence-corrected chi connectivity index (χ0v) is 21.1. The highest BCUT2D eigenvalue weighted by Gasteiger charge is 2.74. The molecule has 0 bridgehead atoms. The molecule has 1 spiro atoms. The number of Topliss-reactive ketones (excluding diaryl/α,β-unsaturated/α-hetero) is 2. The Bertz CT molecular complexity index is 1450. The molecule has 2 fully saturated rings. The van der Waals surface area contributed by atoms with Crippen LogP contribution in [0.25, 0.3) is 0 Å². The predicted molar refractivity (Wildman–Crippen MR) is 133 cm³/mol. The Balaban J connectivity index is 1.56. The van der Waals surface area contributed by atoms with Crippen LogP contribution in [-0.2, 0) is 14.3 Å². The Kier molecular flexibility index (Phi) is 5.19. The van der Waals surface area contributed by atoms with Crippen molar-refractivity contribution < 1.29 is 28.7 Å². The maximum Gasteiger partial charge on any atom is 0.241 e. The predicted octanol–water partition coefficient (Wildman–Crippen LogP) is 4.81. The minimum absolute atomic E-state index is 0.148. The van der Waals surface area contributed by atoms with Gasteiger partial charge in [-0.2, -0.15) is 0 Å². The molecular weight excluding hydrogens is 550 g/mol. The van der Waals surface area contributed by atoms with E-state index in [1.807, 2.05) is 0 Å². The van der Waals surface area contributed by atoms with Gasteiger partial charge in [0.15, 0.2) is 0 Å². The number of hydrogen-bond acceptors (Lipinski definition) is 6. The zero-order valence-electron chi connectivity index (χ0n) is 18.7. The van der Waals surface area contributed by atoms with Gasteiger partial charge in [-0.05, 0) is 35.9 Å². The maximum atomic E-state index is 14.0. The molecule has 0 N–H and O–H groups in total. The van der Waals surface area contributed by atoms with E-state index in [0.29, 0.717) is 10.6 Å². The monoisotopic (exact) mass is 565 g/mol. The molecule has 2 heterocycles. The second-order valence-electron chi connectivity index (χ2n) is 8.86. The van der Waals surface area contributed by atoms with Crippen LogP contribution >= 0.6 is 27.5 Å². The summed E-state index contributed by atoms with van der Waals surface area (Å²) in [6, 6.07) is 18.0. The Hall–Kier alpha value is -3.33. The molecule has 3 aromatic carbocycles. The average Bonchev–Trinajstić information content (AvgIpc) is 3.44. The van der Waals surface area contributed by atoms with Gasteiger partial charge < -0.3 is 9.47 Å². The van der Waals surface area contributed by atoms with Gasteiger partial charge in [0.1, 0.15) is 5.75 Å². The van der Waals surface area contributed by atoms with E-state index in [1.54, 1.807) is 48.5 Å². The summed E-state index contributed by atoms with van der Waals surface area (Å²) >= 11 is 9.58. The van der Waals surface area contributed by atoms with Crippen molar-refractivity contribution in [2.24, 2.45) is 11.8 Å². The van der Waals surface area contributed by atoms with Crippen molar-refractivity contribution in [2.45, 2.75) is 11.7 Å². The van der Waals surface area contributed by atoms with Crippen molar-refractivity contribution in [1.29, 1.82) is 0 Å². The fourth-order valence-corrected chi connectivity index (χ4v) is 5.98. The number of benzene rings is 3. The van der Waals surface area contributed by atoms with Gasteiger partial charge in [0, 0.05) is 20.6 Å². The highest BCUT2D eigenvalue weighted by Crippen LogP contribution is 2.58. The van der Waals surface area contributed by atoms with Crippen molar-refractivity contribution >= 4 is 56.6 Å². The van der Waals surface area contributed by atoms with Crippen LogP contribution in [0, 0.1) is 11.8 Å². The quantitative estimate of drug-likeness (QED) is 0.334. The van der Waals surface area contributed by atoms with Crippen LogP contribution in [0.2, 0.25) is 5.02 Å². The van der Waals surface area contributed by atoms with Gasteiger partial charge in [-0.1, -0.05) is 63.9 Å². The number of ether oxygens (including phenoxy) is 2. The molecule has 2 amide bonds. The largest absolute Gasteiger partial charge is 0.495 e. The third kappa shape index (κ3) is 2.95. The summed E-state index contributed by atoms with van der Waals surface area (Å²) < 4.78 is 12.5. The molecule has 2 saturated heterocycles. The van der Waals surface area contributed by atoms with E-state index in [4.69, 9.17) is 21.1 Å². The van der Waals surface area contributed by atoms with Crippen LogP contribution < -0.4 is 9.64 Å². The summed E-state index contributed by atoms with van der Waals surface area (Å²) in [5, 5.41) is 0.291. The van der Waals surface area contributed by atoms with Gasteiger partial charge in [-0.15, -0.1) is 0 Å². The van der Waals surface area contributed by atoms with E-state index in [9.17, 15) is 19.2 Å². The molecule has 3 atom stereocenters. The normalized spacial score (nSPS) is 24.0. The van der Waals surface area contributed by atoms with Crippen LogP contribution in [0.5, 0.6) is 5.75 Å². The van der Waals surface area contributed by atoms with Crippen molar-refractivity contribution in [3.8, 4) is 5.75 Å². The Labute approximate surface area is 219 Å². The zero-order chi connectivity index (χ0) is 25.4. The van der Waals surface area contributed by atoms with Crippen molar-refractivity contribution in [3.05, 3.63) is 92.9 Å². The van der Waals surface area contributed by atoms with Crippen LogP contribution in [0.15, 0.2) is 71.2 Å². The van der Waals surface area contributed by atoms with E-state index in [0.717, 1.165) is 9.37 Å². The summed E-state index contributed by atoms with van der Waals surface area (Å²) in [5.41, 5.74) is -1.06. The highest BCUT2D eigenvalue weighted by molar-refractivity contribution is 9.10. The second-order valence-corrected chi connectivity index (χ2v) is 10.2. The van der Waals surface area contributed by atoms with Crippen molar-refractivity contribution in [2.75, 3.05) is 12.0 Å². The number of carbonyl (C=O) groups is 4. The van der Waals surface area contributed by atoms with Gasteiger partial charge in [0.2, 0.25) is 29.0 Å². The van der Waals surface area contributed by atoms with Crippen LogP contribution in [0.1, 0.15) is 32.4 Å². The smallest absolute Gasteiger partial charge is 0.241 e. The Morgan fingerprint density at radius 1 is 0.917 bits per heavy atom. The number of nitrogens with zero attached hydrogens (tertiary/aromatic N) is 1. The number of ketones is 2. The van der Waals surface area contributed by atoms with E-state index < -0.39 is 46.9 Å². The van der Waals surface area contributed by atoms with Gasteiger partial charge >= 0.3 is 0 Å². The van der Waals surface area contributed by atoms with Gasteiger partial charge in [0.05, 0.1) is 30.7 Å². The SMILES string of the molecule is COc1ccc(Cl)cc1N1C(=O)[C@@H]2[C@@H](C1=O)C1(O[C@H]2c2ccc(Br)cc2)C(=O)c2ccccc2C1=O.